The van der Waals surface area contributed by atoms with Crippen LogP contribution in [0.2, 0.25) is 0 Å². The summed E-state index contributed by atoms with van der Waals surface area (Å²) in [5.41, 5.74) is 0.280. The van der Waals surface area contributed by atoms with Gasteiger partial charge in [0.25, 0.3) is 0 Å². The van der Waals surface area contributed by atoms with Crippen molar-refractivity contribution in [1.29, 1.82) is 0 Å². The molecule has 0 unspecified atom stereocenters. The largest absolute Gasteiger partial charge is 0.478 e. The van der Waals surface area contributed by atoms with E-state index in [4.69, 9.17) is 9.63 Å². The third-order valence-corrected chi connectivity index (χ3v) is 3.25. The molecule has 0 radical (unpaired) electrons. The monoisotopic (exact) mass is 264 g/mol. The van der Waals surface area contributed by atoms with Crippen molar-refractivity contribution in [3.8, 4) is 0 Å². The fourth-order valence-corrected chi connectivity index (χ4v) is 2.16. The van der Waals surface area contributed by atoms with E-state index in [0.717, 1.165) is 4.90 Å². The number of aromatic nitrogens is 2. The SMILES string of the molecule is CCc1nc(CSc2cccc(C(=O)O)c2)no1. The molecule has 2 rings (SSSR count). The Hall–Kier alpha value is -1.82. The number of benzene rings is 1. The minimum atomic E-state index is -0.926. The van der Waals surface area contributed by atoms with Gasteiger partial charge < -0.3 is 9.63 Å². The van der Waals surface area contributed by atoms with Gasteiger partial charge in [-0.15, -0.1) is 11.8 Å². The molecule has 0 spiro atoms. The minimum Gasteiger partial charge on any atom is -0.478 e. The Bertz CT molecular complexity index is 554. The van der Waals surface area contributed by atoms with Gasteiger partial charge in [0.15, 0.2) is 5.82 Å². The first-order valence-electron chi connectivity index (χ1n) is 5.46. The van der Waals surface area contributed by atoms with Crippen LogP contribution < -0.4 is 0 Å². The number of carboxylic acid groups (broad SMARTS) is 1. The summed E-state index contributed by atoms with van der Waals surface area (Å²) in [5.74, 6) is 0.875. The molecular formula is C12H12N2O3S. The summed E-state index contributed by atoms with van der Waals surface area (Å²) < 4.78 is 5.00. The van der Waals surface area contributed by atoms with E-state index in [1.165, 1.54) is 11.8 Å². The van der Waals surface area contributed by atoms with E-state index >= 15 is 0 Å². The Kier molecular flexibility index (Phi) is 3.99. The van der Waals surface area contributed by atoms with Crippen molar-refractivity contribution in [3.63, 3.8) is 0 Å². The number of carbonyl (C=O) groups is 1. The number of rotatable bonds is 5. The Morgan fingerprint density at radius 1 is 1.50 bits per heavy atom. The second-order valence-corrected chi connectivity index (χ2v) is 4.63. The lowest BCUT2D eigenvalue weighted by Crippen LogP contribution is -1.95. The molecule has 1 aromatic carbocycles. The van der Waals surface area contributed by atoms with Gasteiger partial charge in [-0.1, -0.05) is 18.1 Å². The van der Waals surface area contributed by atoms with E-state index < -0.39 is 5.97 Å². The highest BCUT2D eigenvalue weighted by Gasteiger charge is 2.07. The molecule has 94 valence electrons. The molecule has 0 saturated heterocycles. The van der Waals surface area contributed by atoms with Crippen LogP contribution >= 0.6 is 11.8 Å². The van der Waals surface area contributed by atoms with Crippen molar-refractivity contribution in [1.82, 2.24) is 10.1 Å². The number of aromatic carboxylic acids is 1. The highest BCUT2D eigenvalue weighted by Crippen LogP contribution is 2.22. The van der Waals surface area contributed by atoms with Gasteiger partial charge in [-0.2, -0.15) is 4.98 Å². The van der Waals surface area contributed by atoms with Crippen LogP contribution in [-0.2, 0) is 12.2 Å². The number of hydrogen-bond donors (Lipinski definition) is 1. The number of aryl methyl sites for hydroxylation is 1. The van der Waals surface area contributed by atoms with Gasteiger partial charge in [-0.3, -0.25) is 0 Å². The second kappa shape index (κ2) is 5.68. The van der Waals surface area contributed by atoms with Gasteiger partial charge >= 0.3 is 5.97 Å². The Labute approximate surface area is 108 Å². The lowest BCUT2D eigenvalue weighted by molar-refractivity contribution is 0.0696. The molecule has 6 heteroatoms. The summed E-state index contributed by atoms with van der Waals surface area (Å²) in [6, 6.07) is 6.78. The predicted molar refractivity (Wildman–Crippen MR) is 66.6 cm³/mol. The first kappa shape index (κ1) is 12.6. The number of hydrogen-bond acceptors (Lipinski definition) is 5. The Morgan fingerprint density at radius 2 is 2.33 bits per heavy atom. The number of carboxylic acids is 1. The minimum absolute atomic E-state index is 0.280. The van der Waals surface area contributed by atoms with E-state index in [1.54, 1.807) is 18.2 Å². The molecule has 0 amide bonds. The van der Waals surface area contributed by atoms with Crippen LogP contribution in [0, 0.1) is 0 Å². The zero-order chi connectivity index (χ0) is 13.0. The fraction of sp³-hybridized carbons (Fsp3) is 0.250. The maximum absolute atomic E-state index is 10.8. The molecule has 0 bridgehead atoms. The quantitative estimate of drug-likeness (QED) is 0.836. The highest BCUT2D eigenvalue weighted by molar-refractivity contribution is 7.98. The first-order chi connectivity index (χ1) is 8.69. The predicted octanol–water partition coefficient (Wildman–Crippen LogP) is 2.62. The molecule has 18 heavy (non-hydrogen) atoms. The van der Waals surface area contributed by atoms with Gasteiger partial charge in [-0.25, -0.2) is 4.79 Å². The maximum atomic E-state index is 10.8. The van der Waals surface area contributed by atoms with E-state index in [1.807, 2.05) is 13.0 Å². The summed E-state index contributed by atoms with van der Waals surface area (Å²) >= 11 is 1.48. The van der Waals surface area contributed by atoms with Crippen LogP contribution in [0.4, 0.5) is 0 Å². The average Bonchev–Trinajstić information content (AvgIpc) is 2.84. The zero-order valence-corrected chi connectivity index (χ0v) is 10.6. The van der Waals surface area contributed by atoms with Crippen molar-refractivity contribution < 1.29 is 14.4 Å². The third-order valence-electron chi connectivity index (χ3n) is 2.26. The zero-order valence-electron chi connectivity index (χ0n) is 9.79. The van der Waals surface area contributed by atoms with Crippen LogP contribution in [0.1, 0.15) is 29.0 Å². The van der Waals surface area contributed by atoms with Gasteiger partial charge in [0.2, 0.25) is 5.89 Å². The summed E-state index contributed by atoms with van der Waals surface area (Å²) in [5, 5.41) is 12.7. The molecule has 2 aromatic rings. The van der Waals surface area contributed by atoms with E-state index in [-0.39, 0.29) is 5.56 Å². The van der Waals surface area contributed by atoms with Gasteiger partial charge in [0.05, 0.1) is 11.3 Å². The summed E-state index contributed by atoms with van der Waals surface area (Å²) in [4.78, 5) is 15.9. The molecule has 0 saturated carbocycles. The smallest absolute Gasteiger partial charge is 0.335 e. The highest BCUT2D eigenvalue weighted by atomic mass is 32.2. The maximum Gasteiger partial charge on any atom is 0.335 e. The normalized spacial score (nSPS) is 10.5. The molecule has 0 atom stereocenters. The molecule has 0 aliphatic rings. The van der Waals surface area contributed by atoms with Crippen LogP contribution in [0.5, 0.6) is 0 Å². The van der Waals surface area contributed by atoms with Crippen molar-refractivity contribution in [3.05, 3.63) is 41.5 Å². The summed E-state index contributed by atoms with van der Waals surface area (Å²) in [6.07, 6.45) is 0.714. The van der Waals surface area contributed by atoms with Gasteiger partial charge in [-0.05, 0) is 18.2 Å². The molecule has 0 aliphatic carbocycles. The van der Waals surface area contributed by atoms with E-state index in [0.29, 0.717) is 23.9 Å². The standard InChI is InChI=1S/C12H12N2O3S/c1-2-11-13-10(14-17-11)7-18-9-5-3-4-8(6-9)12(15)16/h3-6H,2,7H2,1H3,(H,15,16). The lowest BCUT2D eigenvalue weighted by atomic mass is 10.2. The fourth-order valence-electron chi connectivity index (χ4n) is 1.36. The van der Waals surface area contributed by atoms with Crippen LogP contribution in [0.3, 0.4) is 0 Å². The van der Waals surface area contributed by atoms with Gasteiger partial charge in [0, 0.05) is 11.3 Å². The average molecular weight is 264 g/mol. The van der Waals surface area contributed by atoms with Crippen molar-refractivity contribution in [2.45, 2.75) is 24.0 Å². The number of thioether (sulfide) groups is 1. The third kappa shape index (κ3) is 3.10. The number of nitrogens with zero attached hydrogens (tertiary/aromatic N) is 2. The van der Waals surface area contributed by atoms with E-state index in [2.05, 4.69) is 10.1 Å². The summed E-state index contributed by atoms with van der Waals surface area (Å²) in [7, 11) is 0. The molecule has 1 aromatic heterocycles. The topological polar surface area (TPSA) is 76.2 Å². The molecule has 0 aliphatic heterocycles. The molecule has 1 N–H and O–H groups in total. The van der Waals surface area contributed by atoms with Crippen molar-refractivity contribution in [2.75, 3.05) is 0 Å². The molecule has 5 nitrogen and oxygen atoms in total. The van der Waals surface area contributed by atoms with Crippen molar-refractivity contribution in [2.24, 2.45) is 0 Å². The van der Waals surface area contributed by atoms with Gasteiger partial charge in [0.1, 0.15) is 0 Å². The first-order valence-corrected chi connectivity index (χ1v) is 6.45. The lowest BCUT2D eigenvalue weighted by Gasteiger charge is -2.00. The molecule has 1 heterocycles. The Morgan fingerprint density at radius 3 is 3.00 bits per heavy atom. The van der Waals surface area contributed by atoms with E-state index in [9.17, 15) is 4.79 Å². The Balaban J connectivity index is 2.01. The van der Waals surface area contributed by atoms with Crippen LogP contribution in [0.15, 0.2) is 33.7 Å². The van der Waals surface area contributed by atoms with Crippen molar-refractivity contribution >= 4 is 17.7 Å². The molecular weight excluding hydrogens is 252 g/mol. The van der Waals surface area contributed by atoms with Crippen LogP contribution in [0.25, 0.3) is 0 Å². The second-order valence-electron chi connectivity index (χ2n) is 3.58. The molecule has 0 fully saturated rings. The summed E-state index contributed by atoms with van der Waals surface area (Å²) in [6.45, 7) is 1.95. The van der Waals surface area contributed by atoms with Crippen LogP contribution in [-0.4, -0.2) is 21.2 Å².